The van der Waals surface area contributed by atoms with Crippen LogP contribution in [-0.2, 0) is 9.59 Å². The highest BCUT2D eigenvalue weighted by Gasteiger charge is 2.25. The second-order valence-corrected chi connectivity index (χ2v) is 4.27. The minimum atomic E-state index is -0.429. The normalized spacial score (nSPS) is 19.3. The second kappa shape index (κ2) is 5.84. The zero-order chi connectivity index (χ0) is 12.1. The van der Waals surface area contributed by atoms with Gasteiger partial charge in [0.05, 0.1) is 6.04 Å². The van der Waals surface area contributed by atoms with E-state index in [-0.39, 0.29) is 17.9 Å². The molecule has 0 radical (unpaired) electrons. The smallest absolute Gasteiger partial charge is 0.244 e. The van der Waals surface area contributed by atoms with E-state index in [0.717, 1.165) is 25.9 Å². The molecule has 1 saturated heterocycles. The molecular formula is C11H21N3O2. The summed E-state index contributed by atoms with van der Waals surface area (Å²) in [6.45, 7) is 5.14. The Morgan fingerprint density at radius 1 is 1.12 bits per heavy atom. The van der Waals surface area contributed by atoms with E-state index in [1.807, 2.05) is 4.90 Å². The number of likely N-dealkylation sites (N-methyl/N-ethyl adjacent to an activating group) is 1. The van der Waals surface area contributed by atoms with Gasteiger partial charge in [-0.1, -0.05) is 0 Å². The van der Waals surface area contributed by atoms with Crippen molar-refractivity contribution in [2.45, 2.75) is 38.8 Å². The molecule has 2 N–H and O–H groups in total. The molecule has 0 bridgehead atoms. The molecule has 0 spiro atoms. The van der Waals surface area contributed by atoms with Crippen LogP contribution in [0.5, 0.6) is 0 Å². The highest BCUT2D eigenvalue weighted by molar-refractivity contribution is 5.89. The number of carbonyl (C=O) groups is 2. The number of amides is 2. The Bertz CT molecular complexity index is 262. The molecule has 1 heterocycles. The number of likely N-dealkylation sites (tertiary alicyclic amines) is 1. The number of nitrogens with zero attached hydrogens (tertiary/aromatic N) is 1. The van der Waals surface area contributed by atoms with Gasteiger partial charge in [-0.3, -0.25) is 9.59 Å². The highest BCUT2D eigenvalue weighted by Crippen LogP contribution is 2.08. The van der Waals surface area contributed by atoms with Gasteiger partial charge in [0, 0.05) is 13.1 Å². The van der Waals surface area contributed by atoms with Crippen LogP contribution >= 0.6 is 0 Å². The van der Waals surface area contributed by atoms with Crippen LogP contribution in [0.2, 0.25) is 0 Å². The summed E-state index contributed by atoms with van der Waals surface area (Å²) in [5.74, 6) is -0.114. The topological polar surface area (TPSA) is 61.4 Å². The van der Waals surface area contributed by atoms with Crippen LogP contribution in [0.15, 0.2) is 0 Å². The van der Waals surface area contributed by atoms with E-state index in [9.17, 15) is 9.59 Å². The van der Waals surface area contributed by atoms with E-state index in [0.29, 0.717) is 0 Å². The first-order valence-corrected chi connectivity index (χ1v) is 5.82. The summed E-state index contributed by atoms with van der Waals surface area (Å²) in [6, 6.07) is -0.699. The quantitative estimate of drug-likeness (QED) is 0.694. The maximum absolute atomic E-state index is 11.9. The van der Waals surface area contributed by atoms with Crippen LogP contribution in [0.1, 0.15) is 26.7 Å². The first kappa shape index (κ1) is 13.0. The van der Waals surface area contributed by atoms with Crippen LogP contribution < -0.4 is 10.6 Å². The van der Waals surface area contributed by atoms with Gasteiger partial charge in [0.1, 0.15) is 6.04 Å². The molecule has 0 aromatic heterocycles. The summed E-state index contributed by atoms with van der Waals surface area (Å²) in [4.78, 5) is 25.3. The van der Waals surface area contributed by atoms with E-state index in [1.54, 1.807) is 20.9 Å². The van der Waals surface area contributed by atoms with Crippen LogP contribution in [-0.4, -0.2) is 48.9 Å². The summed E-state index contributed by atoms with van der Waals surface area (Å²) in [7, 11) is 1.72. The molecule has 0 aromatic rings. The van der Waals surface area contributed by atoms with Crippen molar-refractivity contribution in [3.05, 3.63) is 0 Å². The molecule has 1 fully saturated rings. The molecule has 5 nitrogen and oxygen atoms in total. The maximum Gasteiger partial charge on any atom is 0.244 e. The van der Waals surface area contributed by atoms with Gasteiger partial charge in [0.2, 0.25) is 11.8 Å². The van der Waals surface area contributed by atoms with E-state index in [4.69, 9.17) is 0 Å². The Balaban J connectivity index is 2.41. The standard InChI is InChI=1S/C11H21N3O2/c1-8(12-3)10(15)13-9(2)11(16)14-6-4-5-7-14/h8-9,12H,4-7H2,1-3H3,(H,13,15)/t8-,9-/m0/s1. The first-order valence-electron chi connectivity index (χ1n) is 5.82. The van der Waals surface area contributed by atoms with Crippen LogP contribution in [0.3, 0.4) is 0 Å². The molecule has 0 aliphatic carbocycles. The van der Waals surface area contributed by atoms with Crippen LogP contribution in [0.25, 0.3) is 0 Å². The fourth-order valence-corrected chi connectivity index (χ4v) is 1.74. The Hall–Kier alpha value is -1.10. The largest absolute Gasteiger partial charge is 0.343 e. The summed E-state index contributed by atoms with van der Waals surface area (Å²) in [6.07, 6.45) is 2.14. The Morgan fingerprint density at radius 2 is 1.69 bits per heavy atom. The third kappa shape index (κ3) is 3.20. The van der Waals surface area contributed by atoms with Gasteiger partial charge in [-0.2, -0.15) is 0 Å². The fraction of sp³-hybridized carbons (Fsp3) is 0.818. The third-order valence-corrected chi connectivity index (χ3v) is 2.97. The molecule has 1 rings (SSSR count). The maximum atomic E-state index is 11.9. The molecule has 0 unspecified atom stereocenters. The zero-order valence-electron chi connectivity index (χ0n) is 10.2. The van der Waals surface area contributed by atoms with Crippen molar-refractivity contribution in [1.29, 1.82) is 0 Å². The average Bonchev–Trinajstić information content (AvgIpc) is 2.79. The molecule has 0 aromatic carbocycles. The van der Waals surface area contributed by atoms with Crippen LogP contribution in [0, 0.1) is 0 Å². The molecule has 16 heavy (non-hydrogen) atoms. The molecule has 1 aliphatic heterocycles. The summed E-state index contributed by atoms with van der Waals surface area (Å²) >= 11 is 0. The average molecular weight is 227 g/mol. The number of nitrogens with one attached hydrogen (secondary N) is 2. The van der Waals surface area contributed by atoms with Crippen molar-refractivity contribution in [3.8, 4) is 0 Å². The van der Waals surface area contributed by atoms with Crippen molar-refractivity contribution in [1.82, 2.24) is 15.5 Å². The monoisotopic (exact) mass is 227 g/mol. The van der Waals surface area contributed by atoms with E-state index in [1.165, 1.54) is 0 Å². The molecular weight excluding hydrogens is 206 g/mol. The fourth-order valence-electron chi connectivity index (χ4n) is 1.74. The van der Waals surface area contributed by atoms with Gasteiger partial charge in [0.15, 0.2) is 0 Å². The number of rotatable bonds is 4. The first-order chi connectivity index (χ1) is 7.56. The van der Waals surface area contributed by atoms with Crippen molar-refractivity contribution < 1.29 is 9.59 Å². The lowest BCUT2D eigenvalue weighted by atomic mass is 10.2. The van der Waals surface area contributed by atoms with Gasteiger partial charge in [-0.15, -0.1) is 0 Å². The molecule has 92 valence electrons. The summed E-state index contributed by atoms with van der Waals surface area (Å²) in [5.41, 5.74) is 0. The van der Waals surface area contributed by atoms with Gasteiger partial charge < -0.3 is 15.5 Å². The predicted octanol–water partition coefficient (Wildman–Crippen LogP) is -0.279. The lowest BCUT2D eigenvalue weighted by molar-refractivity contribution is -0.135. The number of hydrogen-bond acceptors (Lipinski definition) is 3. The SMILES string of the molecule is CN[C@@H](C)C(=O)N[C@@H](C)C(=O)N1CCCC1. The Morgan fingerprint density at radius 3 is 2.19 bits per heavy atom. The van der Waals surface area contributed by atoms with E-state index in [2.05, 4.69) is 10.6 Å². The van der Waals surface area contributed by atoms with Gasteiger partial charge in [-0.05, 0) is 33.7 Å². The van der Waals surface area contributed by atoms with Crippen molar-refractivity contribution in [3.63, 3.8) is 0 Å². The predicted molar refractivity (Wildman–Crippen MR) is 61.9 cm³/mol. The highest BCUT2D eigenvalue weighted by atomic mass is 16.2. The van der Waals surface area contributed by atoms with E-state index >= 15 is 0 Å². The van der Waals surface area contributed by atoms with Gasteiger partial charge >= 0.3 is 0 Å². The molecule has 2 atom stereocenters. The minimum absolute atomic E-state index is 0.0224. The third-order valence-electron chi connectivity index (χ3n) is 2.97. The minimum Gasteiger partial charge on any atom is -0.343 e. The second-order valence-electron chi connectivity index (χ2n) is 4.27. The summed E-state index contributed by atoms with van der Waals surface area (Å²) < 4.78 is 0. The lowest BCUT2D eigenvalue weighted by Gasteiger charge is -2.22. The molecule has 0 saturated carbocycles. The van der Waals surface area contributed by atoms with Crippen LogP contribution in [0.4, 0.5) is 0 Å². The van der Waals surface area contributed by atoms with E-state index < -0.39 is 6.04 Å². The molecule has 2 amide bonds. The number of hydrogen-bond donors (Lipinski definition) is 2. The van der Waals surface area contributed by atoms with Gasteiger partial charge in [0.25, 0.3) is 0 Å². The number of carbonyl (C=O) groups excluding carboxylic acids is 2. The van der Waals surface area contributed by atoms with Gasteiger partial charge in [-0.25, -0.2) is 0 Å². The molecule has 1 aliphatic rings. The Kier molecular flexibility index (Phi) is 4.73. The Labute approximate surface area is 96.6 Å². The molecule has 5 heteroatoms. The lowest BCUT2D eigenvalue weighted by Crippen LogP contribution is -2.50. The van der Waals surface area contributed by atoms with Crippen molar-refractivity contribution in [2.75, 3.05) is 20.1 Å². The van der Waals surface area contributed by atoms with Crippen molar-refractivity contribution in [2.24, 2.45) is 0 Å². The van der Waals surface area contributed by atoms with Crippen molar-refractivity contribution >= 4 is 11.8 Å². The summed E-state index contributed by atoms with van der Waals surface area (Å²) in [5, 5.41) is 5.56. The zero-order valence-corrected chi connectivity index (χ0v) is 10.2.